The number of amides is 1. The molecule has 1 amide bonds. The van der Waals surface area contributed by atoms with Gasteiger partial charge in [0.1, 0.15) is 11.9 Å². The lowest BCUT2D eigenvalue weighted by atomic mass is 9.88. The first-order valence-electron chi connectivity index (χ1n) is 8.56. The number of hydrogen-bond donors (Lipinski definition) is 0. The number of rotatable bonds is 4. The van der Waals surface area contributed by atoms with Crippen molar-refractivity contribution in [1.29, 1.82) is 0 Å². The molecule has 0 spiro atoms. The van der Waals surface area contributed by atoms with E-state index in [1.54, 1.807) is 4.90 Å². The van der Waals surface area contributed by atoms with Crippen molar-refractivity contribution in [3.8, 4) is 5.75 Å². The van der Waals surface area contributed by atoms with Crippen molar-refractivity contribution >= 4 is 17.7 Å². The van der Waals surface area contributed by atoms with Gasteiger partial charge in [-0.2, -0.15) is 0 Å². The number of carbonyl (C=O) groups excluding carboxylic acids is 1. The quantitative estimate of drug-likeness (QED) is 0.791. The molecule has 0 bridgehead atoms. The molecular weight excluding hydrogens is 338 g/mol. The third kappa shape index (κ3) is 4.45. The van der Waals surface area contributed by atoms with Crippen molar-refractivity contribution in [2.45, 2.75) is 25.4 Å². The van der Waals surface area contributed by atoms with Gasteiger partial charge < -0.3 is 14.4 Å². The third-order valence-electron chi connectivity index (χ3n) is 4.39. The van der Waals surface area contributed by atoms with Crippen molar-refractivity contribution in [1.82, 2.24) is 4.90 Å². The van der Waals surface area contributed by atoms with Crippen LogP contribution < -0.4 is 4.74 Å². The molecule has 1 heterocycles. The number of ether oxygens (including phenoxy) is 2. The van der Waals surface area contributed by atoms with E-state index in [0.717, 1.165) is 17.7 Å². The van der Waals surface area contributed by atoms with E-state index < -0.39 is 0 Å². The summed E-state index contributed by atoms with van der Waals surface area (Å²) in [5, 5.41) is 0.651. The molecule has 0 aromatic heterocycles. The molecule has 0 aliphatic carbocycles. The van der Waals surface area contributed by atoms with Crippen molar-refractivity contribution in [2.75, 3.05) is 19.7 Å². The lowest BCUT2D eigenvalue weighted by Crippen LogP contribution is -2.47. The standard InChI is InChI=1S/C20H22ClNO3/c1-2-24-20(23)22-12-11-19(25-17-10-6-9-16(21)13-17)18(14-22)15-7-4-3-5-8-15/h3-10,13,18-19H,2,11-12,14H2,1H3. The Kier molecular flexibility index (Phi) is 5.82. The molecule has 2 aromatic rings. The second-order valence-corrected chi connectivity index (χ2v) is 6.50. The van der Waals surface area contributed by atoms with Crippen LogP contribution >= 0.6 is 11.6 Å². The Morgan fingerprint density at radius 3 is 2.72 bits per heavy atom. The van der Waals surface area contributed by atoms with E-state index in [-0.39, 0.29) is 18.1 Å². The zero-order chi connectivity index (χ0) is 17.6. The highest BCUT2D eigenvalue weighted by molar-refractivity contribution is 6.30. The molecule has 1 aliphatic rings. The van der Waals surface area contributed by atoms with Gasteiger partial charge in [-0.05, 0) is 30.7 Å². The molecule has 1 fully saturated rings. The number of nitrogens with zero attached hydrogens (tertiary/aromatic N) is 1. The summed E-state index contributed by atoms with van der Waals surface area (Å²) in [4.78, 5) is 13.9. The highest BCUT2D eigenvalue weighted by Crippen LogP contribution is 2.31. The van der Waals surface area contributed by atoms with Crippen LogP contribution in [0.2, 0.25) is 5.02 Å². The summed E-state index contributed by atoms with van der Waals surface area (Å²) < 4.78 is 11.4. The Hall–Kier alpha value is -2.20. The Morgan fingerprint density at radius 2 is 2.00 bits per heavy atom. The van der Waals surface area contributed by atoms with E-state index in [4.69, 9.17) is 21.1 Å². The maximum Gasteiger partial charge on any atom is 0.409 e. The van der Waals surface area contributed by atoms with E-state index in [1.165, 1.54) is 0 Å². The maximum absolute atomic E-state index is 12.1. The Labute approximate surface area is 153 Å². The average Bonchev–Trinajstić information content (AvgIpc) is 2.63. The number of hydrogen-bond acceptors (Lipinski definition) is 3. The zero-order valence-electron chi connectivity index (χ0n) is 14.2. The fourth-order valence-electron chi connectivity index (χ4n) is 3.19. The maximum atomic E-state index is 12.1. The van der Waals surface area contributed by atoms with Crippen molar-refractivity contribution in [3.05, 3.63) is 65.2 Å². The molecule has 2 unspecified atom stereocenters. The SMILES string of the molecule is CCOC(=O)N1CCC(Oc2cccc(Cl)c2)C(c2ccccc2)C1. The van der Waals surface area contributed by atoms with E-state index in [9.17, 15) is 4.79 Å². The highest BCUT2D eigenvalue weighted by atomic mass is 35.5. The molecule has 4 nitrogen and oxygen atoms in total. The van der Waals surface area contributed by atoms with Crippen LogP contribution in [0.1, 0.15) is 24.8 Å². The summed E-state index contributed by atoms with van der Waals surface area (Å²) in [6.45, 7) is 3.40. The van der Waals surface area contributed by atoms with Crippen LogP contribution in [0, 0.1) is 0 Å². The topological polar surface area (TPSA) is 38.8 Å². The van der Waals surface area contributed by atoms with Gasteiger partial charge in [-0.25, -0.2) is 4.79 Å². The predicted molar refractivity (Wildman–Crippen MR) is 98.3 cm³/mol. The molecule has 0 N–H and O–H groups in total. The smallest absolute Gasteiger partial charge is 0.409 e. The number of likely N-dealkylation sites (tertiary alicyclic amines) is 1. The van der Waals surface area contributed by atoms with Gasteiger partial charge in [0.2, 0.25) is 0 Å². The summed E-state index contributed by atoms with van der Waals surface area (Å²) in [6, 6.07) is 17.6. The molecule has 0 saturated carbocycles. The van der Waals surface area contributed by atoms with Gasteiger partial charge in [0.25, 0.3) is 0 Å². The van der Waals surface area contributed by atoms with Crippen LogP contribution in [0.15, 0.2) is 54.6 Å². The van der Waals surface area contributed by atoms with Crippen LogP contribution in [-0.2, 0) is 4.74 Å². The molecule has 2 aromatic carbocycles. The number of benzene rings is 2. The molecule has 2 atom stereocenters. The lowest BCUT2D eigenvalue weighted by Gasteiger charge is -2.38. The summed E-state index contributed by atoms with van der Waals surface area (Å²) in [7, 11) is 0. The van der Waals surface area contributed by atoms with Gasteiger partial charge in [-0.15, -0.1) is 0 Å². The van der Waals surface area contributed by atoms with Crippen molar-refractivity contribution in [3.63, 3.8) is 0 Å². The van der Waals surface area contributed by atoms with Crippen molar-refractivity contribution < 1.29 is 14.3 Å². The number of carbonyl (C=O) groups is 1. The van der Waals surface area contributed by atoms with Crippen LogP contribution in [0.25, 0.3) is 0 Å². The van der Waals surface area contributed by atoms with Gasteiger partial charge >= 0.3 is 6.09 Å². The van der Waals surface area contributed by atoms with E-state index in [2.05, 4.69) is 12.1 Å². The molecular formula is C20H22ClNO3. The fourth-order valence-corrected chi connectivity index (χ4v) is 3.37. The zero-order valence-corrected chi connectivity index (χ0v) is 15.0. The second-order valence-electron chi connectivity index (χ2n) is 6.06. The molecule has 25 heavy (non-hydrogen) atoms. The molecule has 5 heteroatoms. The Balaban J connectivity index is 1.80. The number of halogens is 1. The Morgan fingerprint density at radius 1 is 1.20 bits per heavy atom. The summed E-state index contributed by atoms with van der Waals surface area (Å²) in [5.74, 6) is 0.835. The van der Waals surface area contributed by atoms with Gasteiger partial charge in [-0.1, -0.05) is 48.0 Å². The highest BCUT2D eigenvalue weighted by Gasteiger charge is 2.34. The minimum Gasteiger partial charge on any atom is -0.490 e. The van der Waals surface area contributed by atoms with Crippen LogP contribution in [-0.4, -0.2) is 36.8 Å². The minimum atomic E-state index is -0.260. The van der Waals surface area contributed by atoms with Gasteiger partial charge in [0.05, 0.1) is 6.61 Å². The lowest BCUT2D eigenvalue weighted by molar-refractivity contribution is 0.0574. The van der Waals surface area contributed by atoms with Gasteiger partial charge in [-0.3, -0.25) is 0 Å². The Bertz CT molecular complexity index is 707. The largest absolute Gasteiger partial charge is 0.490 e. The second kappa shape index (κ2) is 8.26. The number of piperidine rings is 1. The molecule has 0 radical (unpaired) electrons. The first-order chi connectivity index (χ1) is 12.2. The minimum absolute atomic E-state index is 0.0217. The summed E-state index contributed by atoms with van der Waals surface area (Å²) >= 11 is 6.07. The molecule has 1 aliphatic heterocycles. The predicted octanol–water partition coefficient (Wildman–Crippen LogP) is 4.73. The monoisotopic (exact) mass is 359 g/mol. The average molecular weight is 360 g/mol. The third-order valence-corrected chi connectivity index (χ3v) is 4.62. The van der Waals surface area contributed by atoms with E-state index in [1.807, 2.05) is 49.4 Å². The van der Waals surface area contributed by atoms with E-state index >= 15 is 0 Å². The summed E-state index contributed by atoms with van der Waals surface area (Å²) in [5.41, 5.74) is 1.16. The first-order valence-corrected chi connectivity index (χ1v) is 8.94. The van der Waals surface area contributed by atoms with E-state index in [0.29, 0.717) is 24.7 Å². The fraction of sp³-hybridized carbons (Fsp3) is 0.350. The molecule has 1 saturated heterocycles. The van der Waals surface area contributed by atoms with Crippen LogP contribution in [0.4, 0.5) is 4.79 Å². The molecule has 3 rings (SSSR count). The molecule has 132 valence electrons. The van der Waals surface area contributed by atoms with Gasteiger partial charge in [0.15, 0.2) is 0 Å². The van der Waals surface area contributed by atoms with Crippen LogP contribution in [0.5, 0.6) is 5.75 Å². The first kappa shape index (κ1) is 17.6. The van der Waals surface area contributed by atoms with Crippen molar-refractivity contribution in [2.24, 2.45) is 0 Å². The summed E-state index contributed by atoms with van der Waals surface area (Å²) in [6.07, 6.45) is 0.460. The van der Waals surface area contributed by atoms with Gasteiger partial charge in [0, 0.05) is 30.5 Å². The van der Waals surface area contributed by atoms with Crippen LogP contribution in [0.3, 0.4) is 0 Å². The normalized spacial score (nSPS) is 20.2.